The molecule has 0 saturated heterocycles. The summed E-state index contributed by atoms with van der Waals surface area (Å²) in [5.41, 5.74) is 2.00. The van der Waals surface area contributed by atoms with E-state index in [0.29, 0.717) is 16.9 Å². The van der Waals surface area contributed by atoms with Crippen LogP contribution in [-0.4, -0.2) is 32.4 Å². The summed E-state index contributed by atoms with van der Waals surface area (Å²) in [4.78, 5) is 48.1. The predicted octanol–water partition coefficient (Wildman–Crippen LogP) is 3.46. The Balaban J connectivity index is 2.13. The van der Waals surface area contributed by atoms with E-state index in [1.165, 1.54) is 10.5 Å². The van der Waals surface area contributed by atoms with Crippen molar-refractivity contribution in [3.05, 3.63) is 87.3 Å². The first-order chi connectivity index (χ1) is 15.8. The highest BCUT2D eigenvalue weighted by molar-refractivity contribution is 5.97. The van der Waals surface area contributed by atoms with Crippen LogP contribution in [0.15, 0.2) is 64.5 Å². The number of fused-ring (bicyclic) bond motifs is 2. The summed E-state index contributed by atoms with van der Waals surface area (Å²) in [5, 5.41) is 0.234. The molecule has 0 fully saturated rings. The Hall–Kier alpha value is -4.07. The maximum Gasteiger partial charge on any atom is 0.341 e. The number of aromatic nitrogens is 3. The first-order valence-corrected chi connectivity index (χ1v) is 10.7. The molecule has 0 bridgehead atoms. The zero-order valence-electron chi connectivity index (χ0n) is 18.9. The lowest BCUT2D eigenvalue weighted by Crippen LogP contribution is -2.33. The number of carbonyl (C=O) groups is 2. The van der Waals surface area contributed by atoms with Crippen molar-refractivity contribution in [1.82, 2.24) is 14.0 Å². The summed E-state index contributed by atoms with van der Waals surface area (Å²) < 4.78 is 8.28. The molecule has 3 aromatic heterocycles. The highest BCUT2D eigenvalue weighted by atomic mass is 16.5. The Bertz CT molecular complexity index is 1510. The first kappa shape index (κ1) is 22.1. The highest BCUT2D eigenvalue weighted by Gasteiger charge is 2.21. The molecule has 8 nitrogen and oxygen atoms in total. The molecule has 4 aromatic rings. The Morgan fingerprint density at radius 1 is 1.12 bits per heavy atom. The van der Waals surface area contributed by atoms with Gasteiger partial charge in [-0.05, 0) is 58.0 Å². The maximum atomic E-state index is 13.2. The first-order valence-electron chi connectivity index (χ1n) is 10.7. The molecule has 3 heterocycles. The van der Waals surface area contributed by atoms with Crippen LogP contribution in [0, 0.1) is 6.92 Å². The monoisotopic (exact) mass is 444 g/mol. The van der Waals surface area contributed by atoms with Crippen molar-refractivity contribution < 1.29 is 14.3 Å². The number of carbonyl (C=O) groups excluding carboxylic acids is 2. The van der Waals surface area contributed by atoms with Crippen LogP contribution in [0.1, 0.15) is 53.1 Å². The van der Waals surface area contributed by atoms with Gasteiger partial charge in [-0.3, -0.25) is 14.0 Å². The van der Waals surface area contributed by atoms with Gasteiger partial charge in [-0.15, -0.1) is 0 Å². The molecule has 0 N–H and O–H groups in total. The molecule has 0 unspecified atom stereocenters. The van der Waals surface area contributed by atoms with Gasteiger partial charge in [0.1, 0.15) is 16.9 Å². The fraction of sp³-hybridized carbons (Fsp3) is 0.240. The maximum absolute atomic E-state index is 13.2. The van der Waals surface area contributed by atoms with Crippen LogP contribution in [0.5, 0.6) is 0 Å². The minimum Gasteiger partial charge on any atom is -0.462 e. The molecule has 0 aliphatic rings. The molecule has 0 spiro atoms. The van der Waals surface area contributed by atoms with Gasteiger partial charge in [-0.25, -0.2) is 9.78 Å². The average Bonchev–Trinajstić information content (AvgIpc) is 2.79. The fourth-order valence-electron chi connectivity index (χ4n) is 3.66. The van der Waals surface area contributed by atoms with E-state index in [1.807, 2.05) is 32.9 Å². The van der Waals surface area contributed by atoms with E-state index in [0.717, 1.165) is 5.56 Å². The van der Waals surface area contributed by atoms with E-state index in [1.54, 1.807) is 48.0 Å². The zero-order valence-corrected chi connectivity index (χ0v) is 18.9. The van der Waals surface area contributed by atoms with Gasteiger partial charge >= 0.3 is 5.97 Å². The van der Waals surface area contributed by atoms with Crippen molar-refractivity contribution in [2.45, 2.75) is 33.7 Å². The van der Waals surface area contributed by atoms with Crippen molar-refractivity contribution in [3.8, 4) is 0 Å². The predicted molar refractivity (Wildman–Crippen MR) is 124 cm³/mol. The Kier molecular flexibility index (Phi) is 5.91. The number of aryl methyl sites for hydroxylation is 1. The summed E-state index contributed by atoms with van der Waals surface area (Å²) >= 11 is 0. The van der Waals surface area contributed by atoms with E-state index in [2.05, 4.69) is 9.98 Å². The van der Waals surface area contributed by atoms with Gasteiger partial charge in [0.15, 0.2) is 5.49 Å². The number of rotatable bonds is 4. The van der Waals surface area contributed by atoms with Crippen LogP contribution in [0.4, 0.5) is 0 Å². The highest BCUT2D eigenvalue weighted by Crippen LogP contribution is 2.15. The van der Waals surface area contributed by atoms with Crippen molar-refractivity contribution in [1.29, 1.82) is 0 Å². The number of benzene rings is 1. The fourth-order valence-corrected chi connectivity index (χ4v) is 3.66. The van der Waals surface area contributed by atoms with Gasteiger partial charge in [0.05, 0.1) is 12.0 Å². The van der Waals surface area contributed by atoms with Crippen LogP contribution < -0.4 is 11.0 Å². The summed E-state index contributed by atoms with van der Waals surface area (Å²) in [6, 6.07) is 13.4. The summed E-state index contributed by atoms with van der Waals surface area (Å²) in [6.07, 6.45) is 1.62. The second kappa shape index (κ2) is 8.82. The Labute approximate surface area is 189 Å². The second-order valence-corrected chi connectivity index (χ2v) is 7.93. The van der Waals surface area contributed by atoms with E-state index >= 15 is 0 Å². The lowest BCUT2D eigenvalue weighted by molar-refractivity contribution is 0.0523. The third-order valence-corrected chi connectivity index (χ3v) is 5.25. The number of ether oxygens (including phenoxy) is 1. The van der Waals surface area contributed by atoms with E-state index in [-0.39, 0.29) is 34.6 Å². The number of nitrogens with zero attached hydrogens (tertiary/aromatic N) is 4. The summed E-state index contributed by atoms with van der Waals surface area (Å²) in [6.45, 7) is 7.50. The van der Waals surface area contributed by atoms with Crippen molar-refractivity contribution >= 4 is 28.6 Å². The van der Waals surface area contributed by atoms with E-state index in [4.69, 9.17) is 4.74 Å². The van der Waals surface area contributed by atoms with Gasteiger partial charge in [0.25, 0.3) is 11.5 Å². The Morgan fingerprint density at radius 3 is 2.52 bits per heavy atom. The standard InChI is InChI=1S/C25H24N4O4/c1-5-33-25(32)19-14-18-21(26-20-8-6-7-13-28(20)24(18)31)29(15(2)3)22(19)27-23(30)17-11-9-16(4)10-12-17/h6-15H,5H2,1-4H3. The quantitative estimate of drug-likeness (QED) is 0.355. The topological polar surface area (TPSA) is 95.0 Å². The van der Waals surface area contributed by atoms with Gasteiger partial charge < -0.3 is 9.30 Å². The lowest BCUT2D eigenvalue weighted by atomic mass is 10.1. The van der Waals surface area contributed by atoms with Crippen molar-refractivity contribution in [3.63, 3.8) is 0 Å². The summed E-state index contributed by atoms with van der Waals surface area (Å²) in [7, 11) is 0. The van der Waals surface area contributed by atoms with Crippen LogP contribution in [-0.2, 0) is 4.74 Å². The molecule has 1 amide bonds. The number of hydrogen-bond donors (Lipinski definition) is 0. The molecule has 0 atom stereocenters. The van der Waals surface area contributed by atoms with Gasteiger partial charge in [0.2, 0.25) is 0 Å². The van der Waals surface area contributed by atoms with Crippen LogP contribution in [0.25, 0.3) is 16.7 Å². The largest absolute Gasteiger partial charge is 0.462 e. The number of amides is 1. The molecular weight excluding hydrogens is 420 g/mol. The molecule has 0 saturated carbocycles. The SMILES string of the molecule is CCOC(=O)c1cc2c(=O)n3ccccc3nc2n(C(C)C)c1=NC(=O)c1ccc(C)cc1. The molecule has 168 valence electrons. The van der Waals surface area contributed by atoms with Gasteiger partial charge in [-0.2, -0.15) is 4.99 Å². The molecule has 0 aliphatic heterocycles. The second-order valence-electron chi connectivity index (χ2n) is 7.93. The van der Waals surface area contributed by atoms with Crippen molar-refractivity contribution in [2.75, 3.05) is 6.61 Å². The number of esters is 1. The van der Waals surface area contributed by atoms with Gasteiger partial charge in [0, 0.05) is 17.8 Å². The van der Waals surface area contributed by atoms with Crippen LogP contribution in [0.2, 0.25) is 0 Å². The normalized spacial score (nSPS) is 12.0. The lowest BCUT2D eigenvalue weighted by Gasteiger charge is -2.17. The molecule has 1 aromatic carbocycles. The average molecular weight is 444 g/mol. The minimum atomic E-state index is -0.665. The molecular formula is C25H24N4O4. The zero-order chi connectivity index (χ0) is 23.7. The third kappa shape index (κ3) is 4.07. The summed E-state index contributed by atoms with van der Waals surface area (Å²) in [5.74, 6) is -1.17. The van der Waals surface area contributed by atoms with Gasteiger partial charge in [-0.1, -0.05) is 23.8 Å². The third-order valence-electron chi connectivity index (χ3n) is 5.25. The Morgan fingerprint density at radius 2 is 1.85 bits per heavy atom. The molecule has 0 aliphatic carbocycles. The minimum absolute atomic E-state index is 0.0355. The van der Waals surface area contributed by atoms with Crippen LogP contribution in [0.3, 0.4) is 0 Å². The molecule has 0 radical (unpaired) electrons. The molecule has 4 rings (SSSR count). The van der Waals surface area contributed by atoms with E-state index < -0.39 is 11.9 Å². The molecule has 8 heteroatoms. The van der Waals surface area contributed by atoms with Crippen molar-refractivity contribution in [2.24, 2.45) is 4.99 Å². The molecule has 33 heavy (non-hydrogen) atoms. The smallest absolute Gasteiger partial charge is 0.341 e. The van der Waals surface area contributed by atoms with E-state index in [9.17, 15) is 14.4 Å². The van der Waals surface area contributed by atoms with Crippen LogP contribution >= 0.6 is 0 Å². The number of pyridine rings is 2. The number of hydrogen-bond acceptors (Lipinski definition) is 5.